The molecule has 0 radical (unpaired) electrons. The summed E-state index contributed by atoms with van der Waals surface area (Å²) in [5, 5.41) is 7.55. The highest BCUT2D eigenvalue weighted by molar-refractivity contribution is 5.89. The smallest absolute Gasteiger partial charge is 0.388 e. The summed E-state index contributed by atoms with van der Waals surface area (Å²) in [6.07, 6.45) is -3.99. The highest BCUT2D eigenvalue weighted by Gasteiger charge is 2.30. The van der Waals surface area contributed by atoms with Gasteiger partial charge < -0.3 is 10.6 Å². The Morgan fingerprint density at radius 2 is 1.80 bits per heavy atom. The first-order valence-corrected chi connectivity index (χ1v) is 10.9. The minimum atomic E-state index is -4.38. The number of carbonyl (C=O) groups excluding carboxylic acids is 1. The second kappa shape index (κ2) is 10.0. The maximum atomic E-state index is 12.4. The molecule has 2 heterocycles. The van der Waals surface area contributed by atoms with Crippen LogP contribution in [0, 0.1) is 0 Å². The molecule has 6 nitrogen and oxygen atoms in total. The van der Waals surface area contributed by atoms with Crippen molar-refractivity contribution in [3.05, 3.63) is 100.0 Å². The molecule has 1 aliphatic rings. The fourth-order valence-corrected chi connectivity index (χ4v) is 3.97. The number of nitrogens with zero attached hydrogens (tertiary/aromatic N) is 2. The molecular weight excluding hydrogens is 457 g/mol. The number of hydrogen-bond donors (Lipinski definition) is 2. The van der Waals surface area contributed by atoms with Gasteiger partial charge in [-0.1, -0.05) is 36.4 Å². The summed E-state index contributed by atoms with van der Waals surface area (Å²) < 4.78 is 37.7. The molecule has 5 rings (SSSR count). The Kier molecular flexibility index (Phi) is 6.86. The van der Waals surface area contributed by atoms with Crippen molar-refractivity contribution >= 4 is 28.7 Å². The largest absolute Gasteiger partial charge is 0.416 e. The van der Waals surface area contributed by atoms with Gasteiger partial charge in [-0.15, -0.1) is 0 Å². The predicted octanol–water partition coefficient (Wildman–Crippen LogP) is 5.17. The molecule has 0 amide bonds. The van der Waals surface area contributed by atoms with E-state index >= 15 is 0 Å². The van der Waals surface area contributed by atoms with Gasteiger partial charge in [0.2, 0.25) is 0 Å². The molecule has 0 saturated heterocycles. The first-order chi connectivity index (χ1) is 16.8. The number of para-hydroxylation sites is 1. The van der Waals surface area contributed by atoms with Crippen molar-refractivity contribution in [1.29, 1.82) is 0 Å². The third-order valence-electron chi connectivity index (χ3n) is 5.82. The second-order valence-corrected chi connectivity index (χ2v) is 8.06. The van der Waals surface area contributed by atoms with Gasteiger partial charge in [0, 0.05) is 42.7 Å². The van der Waals surface area contributed by atoms with E-state index in [1.807, 2.05) is 31.3 Å². The van der Waals surface area contributed by atoms with Crippen molar-refractivity contribution < 1.29 is 18.0 Å². The zero-order valence-electron chi connectivity index (χ0n) is 18.8. The molecule has 9 heteroatoms. The lowest BCUT2D eigenvalue weighted by molar-refractivity contribution is -0.137. The number of nitrogens with one attached hydrogen (secondary N) is 2. The average molecular weight is 480 g/mol. The highest BCUT2D eigenvalue weighted by Crippen LogP contribution is 2.30. The first-order valence-electron chi connectivity index (χ1n) is 10.9. The van der Waals surface area contributed by atoms with E-state index in [4.69, 9.17) is 0 Å². The van der Waals surface area contributed by atoms with Crippen LogP contribution in [-0.2, 0) is 12.7 Å². The summed E-state index contributed by atoms with van der Waals surface area (Å²) in [5.74, 6) is 1.14. The zero-order chi connectivity index (χ0) is 25.0. The Labute approximate surface area is 199 Å². The molecule has 35 heavy (non-hydrogen) atoms. The molecule has 1 atom stereocenters. The number of anilines is 2. The molecule has 0 spiro atoms. The first kappa shape index (κ1) is 24.0. The normalized spacial score (nSPS) is 14.8. The molecule has 0 aliphatic carbocycles. The molecule has 4 aromatic rings. The van der Waals surface area contributed by atoms with E-state index in [0.717, 1.165) is 41.1 Å². The van der Waals surface area contributed by atoms with E-state index in [1.165, 1.54) is 17.7 Å². The summed E-state index contributed by atoms with van der Waals surface area (Å²) >= 11 is 0. The standard InChI is InChI=1S/C18H18N4O.C8H5F3O/c1-19-14-8-6-12(7-9-14)13-10-20-17-15-4-2-3-5-16(15)21-18(23)22(17)11-13;9-8(10,11)7-3-1-2-6(4-7)5-12/h2-9,13,19-20H,10-11H2,1H3;1-5H. The molecule has 2 N–H and O–H groups in total. The van der Waals surface area contributed by atoms with Crippen molar-refractivity contribution in [1.82, 2.24) is 9.55 Å². The number of carbonyl (C=O) groups is 1. The van der Waals surface area contributed by atoms with E-state index in [0.29, 0.717) is 12.8 Å². The Hall–Kier alpha value is -4.14. The molecule has 180 valence electrons. The topological polar surface area (TPSA) is 76.0 Å². The van der Waals surface area contributed by atoms with Crippen LogP contribution in [0.3, 0.4) is 0 Å². The molecule has 0 saturated carbocycles. The van der Waals surface area contributed by atoms with Gasteiger partial charge in [0.1, 0.15) is 12.1 Å². The Balaban J connectivity index is 0.000000204. The number of fused-ring (bicyclic) bond motifs is 3. The van der Waals surface area contributed by atoms with Gasteiger partial charge in [-0.3, -0.25) is 9.36 Å². The van der Waals surface area contributed by atoms with E-state index in [-0.39, 0.29) is 17.2 Å². The lowest BCUT2D eigenvalue weighted by Crippen LogP contribution is -2.35. The third kappa shape index (κ3) is 5.34. The SMILES string of the molecule is CNc1ccc(C2CNc3c4ccccc4nc(=O)n3C2)cc1.O=Cc1cccc(C(F)(F)F)c1. The molecule has 0 fully saturated rings. The van der Waals surface area contributed by atoms with Crippen molar-refractivity contribution in [2.75, 3.05) is 24.2 Å². The van der Waals surface area contributed by atoms with Crippen molar-refractivity contribution in [3.8, 4) is 0 Å². The number of benzene rings is 3. The van der Waals surface area contributed by atoms with Gasteiger partial charge in [0.25, 0.3) is 0 Å². The van der Waals surface area contributed by atoms with E-state index in [9.17, 15) is 22.8 Å². The Morgan fingerprint density at radius 1 is 1.06 bits per heavy atom. The number of rotatable bonds is 3. The van der Waals surface area contributed by atoms with Gasteiger partial charge in [0.05, 0.1) is 11.1 Å². The second-order valence-electron chi connectivity index (χ2n) is 8.06. The Morgan fingerprint density at radius 3 is 2.49 bits per heavy atom. The predicted molar refractivity (Wildman–Crippen MR) is 130 cm³/mol. The van der Waals surface area contributed by atoms with Crippen LogP contribution < -0.4 is 16.3 Å². The van der Waals surface area contributed by atoms with Crippen LogP contribution in [0.15, 0.2) is 77.6 Å². The van der Waals surface area contributed by atoms with Gasteiger partial charge in [0.15, 0.2) is 0 Å². The summed E-state index contributed by atoms with van der Waals surface area (Å²) in [5.41, 5.74) is 2.10. The van der Waals surface area contributed by atoms with Crippen LogP contribution in [-0.4, -0.2) is 29.4 Å². The van der Waals surface area contributed by atoms with Gasteiger partial charge >= 0.3 is 11.9 Å². The van der Waals surface area contributed by atoms with E-state index in [1.54, 1.807) is 4.57 Å². The number of aromatic nitrogens is 2. The lowest BCUT2D eigenvalue weighted by Gasteiger charge is -2.28. The van der Waals surface area contributed by atoms with Crippen LogP contribution in [0.2, 0.25) is 0 Å². The van der Waals surface area contributed by atoms with Gasteiger partial charge in [-0.25, -0.2) is 4.79 Å². The number of hydrogen-bond acceptors (Lipinski definition) is 5. The van der Waals surface area contributed by atoms with Crippen molar-refractivity contribution in [2.24, 2.45) is 0 Å². The number of aldehydes is 1. The van der Waals surface area contributed by atoms with Crippen LogP contribution in [0.5, 0.6) is 0 Å². The quantitative estimate of drug-likeness (QED) is 0.396. The molecule has 1 aromatic heterocycles. The van der Waals surface area contributed by atoms with Crippen molar-refractivity contribution in [2.45, 2.75) is 18.6 Å². The van der Waals surface area contributed by atoms with E-state index in [2.05, 4.69) is 39.9 Å². The number of alkyl halides is 3. The lowest BCUT2D eigenvalue weighted by atomic mass is 9.97. The molecule has 0 bridgehead atoms. The average Bonchev–Trinajstić information content (AvgIpc) is 2.88. The fourth-order valence-electron chi connectivity index (χ4n) is 3.97. The summed E-state index contributed by atoms with van der Waals surface area (Å²) in [4.78, 5) is 26.7. The minimum absolute atomic E-state index is 0.0322. The summed E-state index contributed by atoms with van der Waals surface area (Å²) in [7, 11) is 1.91. The van der Waals surface area contributed by atoms with Crippen molar-refractivity contribution in [3.63, 3.8) is 0 Å². The van der Waals surface area contributed by atoms with Crippen LogP contribution in [0.4, 0.5) is 24.7 Å². The maximum absolute atomic E-state index is 12.4. The molecular formula is C26H23F3N4O2. The van der Waals surface area contributed by atoms with Gasteiger partial charge in [-0.05, 0) is 42.0 Å². The van der Waals surface area contributed by atoms with E-state index < -0.39 is 11.7 Å². The zero-order valence-corrected chi connectivity index (χ0v) is 18.8. The fraction of sp³-hybridized carbons (Fsp3) is 0.192. The molecule has 1 unspecified atom stereocenters. The summed E-state index contributed by atoms with van der Waals surface area (Å²) in [6.45, 7) is 1.46. The molecule has 3 aromatic carbocycles. The highest BCUT2D eigenvalue weighted by atomic mass is 19.4. The minimum Gasteiger partial charge on any atom is -0.388 e. The number of halogens is 3. The van der Waals surface area contributed by atoms with Gasteiger partial charge in [-0.2, -0.15) is 18.2 Å². The Bertz CT molecular complexity index is 1400. The molecule has 1 aliphatic heterocycles. The monoisotopic (exact) mass is 480 g/mol. The maximum Gasteiger partial charge on any atom is 0.416 e. The van der Waals surface area contributed by atoms with Crippen LogP contribution in [0.25, 0.3) is 10.9 Å². The van der Waals surface area contributed by atoms with Crippen LogP contribution in [0.1, 0.15) is 27.4 Å². The van der Waals surface area contributed by atoms with Crippen LogP contribution >= 0.6 is 0 Å². The third-order valence-corrected chi connectivity index (χ3v) is 5.82. The summed E-state index contributed by atoms with van der Waals surface area (Å²) in [6, 6.07) is 20.4.